The maximum absolute atomic E-state index is 13.5. The maximum Gasteiger partial charge on any atom is 0.357 e. The zero-order valence-electron chi connectivity index (χ0n) is 27.9. The molecule has 0 saturated heterocycles. The first-order valence-corrected chi connectivity index (χ1v) is 18.5. The standard InChI is InChI=1S/C37H42N4O6S/c1-5-47-37(43)35-33(38-21-41(35)27-12-13-27)26-17-25-18-28(46-4)14-16-29(25)34-32(23-9-7-6-8-10-23)30-15-11-24(19-31(30)40(34)20-26)36(42)39-48(44,45)22(2)3/h11,14-19,21-23,27H,5-10,12-13,20H2,1-4H3,(H,39,42). The Morgan fingerprint density at radius 2 is 1.81 bits per heavy atom. The number of sulfonamides is 1. The van der Waals surface area contributed by atoms with Gasteiger partial charge in [0.15, 0.2) is 5.69 Å². The van der Waals surface area contributed by atoms with E-state index in [4.69, 9.17) is 14.5 Å². The van der Waals surface area contributed by atoms with Gasteiger partial charge in [0, 0.05) is 33.6 Å². The van der Waals surface area contributed by atoms with Gasteiger partial charge in [0.05, 0.1) is 37.5 Å². The van der Waals surface area contributed by atoms with Crippen molar-refractivity contribution in [3.63, 3.8) is 0 Å². The van der Waals surface area contributed by atoms with Crippen molar-refractivity contribution in [3.8, 4) is 17.0 Å². The number of benzene rings is 2. The summed E-state index contributed by atoms with van der Waals surface area (Å²) in [4.78, 5) is 31.7. The van der Waals surface area contributed by atoms with Gasteiger partial charge in [-0.1, -0.05) is 25.3 Å². The number of carbonyl (C=O) groups excluding carboxylic acids is 2. The Bertz CT molecular complexity index is 2060. The number of nitrogens with one attached hydrogen (secondary N) is 1. The number of hydrogen-bond acceptors (Lipinski definition) is 7. The minimum Gasteiger partial charge on any atom is -0.497 e. The van der Waals surface area contributed by atoms with Gasteiger partial charge in [-0.3, -0.25) is 4.79 Å². The summed E-state index contributed by atoms with van der Waals surface area (Å²) in [6.07, 6.45) is 11.4. The molecule has 3 aliphatic rings. The molecule has 2 saturated carbocycles. The Morgan fingerprint density at radius 1 is 1.04 bits per heavy atom. The van der Waals surface area contributed by atoms with Crippen LogP contribution in [0.25, 0.3) is 33.8 Å². The molecule has 2 aromatic heterocycles. The molecule has 1 N–H and O–H groups in total. The van der Waals surface area contributed by atoms with Crippen LogP contribution in [-0.4, -0.2) is 53.4 Å². The van der Waals surface area contributed by atoms with Crippen LogP contribution in [-0.2, 0) is 21.3 Å². The predicted molar refractivity (Wildman–Crippen MR) is 186 cm³/mol. The Labute approximate surface area is 281 Å². The Hall–Kier alpha value is -4.38. The fourth-order valence-electron chi connectivity index (χ4n) is 7.26. The van der Waals surface area contributed by atoms with Crippen molar-refractivity contribution in [2.45, 2.75) is 89.5 Å². The van der Waals surface area contributed by atoms with E-state index in [9.17, 15) is 18.0 Å². The highest BCUT2D eigenvalue weighted by Crippen LogP contribution is 2.48. The number of esters is 1. The van der Waals surface area contributed by atoms with E-state index in [1.807, 2.05) is 22.8 Å². The largest absolute Gasteiger partial charge is 0.497 e. The van der Waals surface area contributed by atoms with Crippen LogP contribution in [0.5, 0.6) is 5.75 Å². The van der Waals surface area contributed by atoms with Crippen molar-refractivity contribution in [3.05, 3.63) is 70.8 Å². The molecule has 0 spiro atoms. The van der Waals surface area contributed by atoms with Crippen LogP contribution >= 0.6 is 0 Å². The van der Waals surface area contributed by atoms with Crippen molar-refractivity contribution in [1.82, 2.24) is 18.8 Å². The van der Waals surface area contributed by atoms with E-state index in [2.05, 4.69) is 21.4 Å². The first-order valence-electron chi connectivity index (χ1n) is 17.0. The lowest BCUT2D eigenvalue weighted by molar-refractivity contribution is 0.0513. The molecule has 2 fully saturated rings. The number of carbonyl (C=O) groups is 2. The average Bonchev–Trinajstić information content (AvgIpc) is 3.78. The molecular weight excluding hydrogens is 628 g/mol. The van der Waals surface area contributed by atoms with Crippen molar-refractivity contribution >= 4 is 44.5 Å². The minimum atomic E-state index is -3.82. The Kier molecular flexibility index (Phi) is 8.43. The van der Waals surface area contributed by atoms with E-state index in [1.54, 1.807) is 32.5 Å². The van der Waals surface area contributed by atoms with Gasteiger partial charge >= 0.3 is 5.97 Å². The van der Waals surface area contributed by atoms with Crippen LogP contribution < -0.4 is 9.46 Å². The molecule has 0 bridgehead atoms. The minimum absolute atomic E-state index is 0.216. The third kappa shape index (κ3) is 5.71. The van der Waals surface area contributed by atoms with Gasteiger partial charge in [-0.2, -0.15) is 0 Å². The number of methoxy groups -OCH3 is 1. The van der Waals surface area contributed by atoms with E-state index >= 15 is 0 Å². The van der Waals surface area contributed by atoms with Crippen molar-refractivity contribution in [2.75, 3.05) is 13.7 Å². The number of amides is 1. The molecule has 10 nitrogen and oxygen atoms in total. The third-order valence-corrected chi connectivity index (χ3v) is 11.6. The number of aromatic nitrogens is 3. The van der Waals surface area contributed by atoms with Crippen LogP contribution in [0.2, 0.25) is 0 Å². The third-order valence-electron chi connectivity index (χ3n) is 9.91. The lowest BCUT2D eigenvalue weighted by Gasteiger charge is -2.24. The molecule has 1 aliphatic heterocycles. The Morgan fingerprint density at radius 3 is 2.50 bits per heavy atom. The first kappa shape index (κ1) is 32.2. The van der Waals surface area contributed by atoms with Crippen LogP contribution in [0.3, 0.4) is 0 Å². The number of fused-ring (bicyclic) bond motifs is 5. The summed E-state index contributed by atoms with van der Waals surface area (Å²) < 4.78 is 42.9. The van der Waals surface area contributed by atoms with Crippen LogP contribution in [0.4, 0.5) is 0 Å². The quantitative estimate of drug-likeness (QED) is 0.189. The van der Waals surface area contributed by atoms with Gasteiger partial charge in [-0.15, -0.1) is 0 Å². The van der Waals surface area contributed by atoms with E-state index in [1.165, 1.54) is 25.8 Å². The van der Waals surface area contributed by atoms with Gasteiger partial charge in [-0.05, 0) is 99.9 Å². The van der Waals surface area contributed by atoms with Gasteiger partial charge in [-0.25, -0.2) is 22.9 Å². The van der Waals surface area contributed by atoms with Crippen LogP contribution in [0.15, 0.2) is 42.7 Å². The molecule has 2 aromatic carbocycles. The van der Waals surface area contributed by atoms with E-state index in [0.29, 0.717) is 29.6 Å². The molecule has 0 unspecified atom stereocenters. The summed E-state index contributed by atoms with van der Waals surface area (Å²) in [5.74, 6) is -0.0342. The molecule has 48 heavy (non-hydrogen) atoms. The molecule has 7 rings (SSSR count). The van der Waals surface area contributed by atoms with Gasteiger partial charge in [0.1, 0.15) is 11.4 Å². The fourth-order valence-corrected chi connectivity index (χ4v) is 7.87. The fraction of sp³-hybridized carbons (Fsp3) is 0.432. The van der Waals surface area contributed by atoms with Crippen molar-refractivity contribution in [1.29, 1.82) is 0 Å². The van der Waals surface area contributed by atoms with E-state index in [-0.39, 0.29) is 18.2 Å². The SMILES string of the molecule is CCOC(=O)c1c(C2=Cc3cc(OC)ccc3-c3c(C4CCCCC4)c4ccc(C(=O)NS(=O)(=O)C(C)C)cc4n3C2)ncn1C1CC1. The molecule has 11 heteroatoms. The molecular formula is C37H42N4O6S. The summed E-state index contributed by atoms with van der Waals surface area (Å²) >= 11 is 0. The van der Waals surface area contributed by atoms with Gasteiger partial charge < -0.3 is 18.6 Å². The second kappa shape index (κ2) is 12.6. The molecule has 0 radical (unpaired) electrons. The summed E-state index contributed by atoms with van der Waals surface area (Å²) in [5, 5.41) is 0.287. The maximum atomic E-state index is 13.5. The zero-order valence-corrected chi connectivity index (χ0v) is 28.7. The van der Waals surface area contributed by atoms with Crippen LogP contribution in [0, 0.1) is 0 Å². The molecule has 0 atom stereocenters. The van der Waals surface area contributed by atoms with E-state index < -0.39 is 27.1 Å². The monoisotopic (exact) mass is 670 g/mol. The van der Waals surface area contributed by atoms with Gasteiger partial charge in [0.25, 0.3) is 5.91 Å². The molecule has 2 aliphatic carbocycles. The second-order valence-electron chi connectivity index (χ2n) is 13.4. The molecule has 3 heterocycles. The highest BCUT2D eigenvalue weighted by atomic mass is 32.2. The van der Waals surface area contributed by atoms with Crippen LogP contribution in [0.1, 0.15) is 115 Å². The summed E-state index contributed by atoms with van der Waals surface area (Å²) in [5.41, 5.74) is 7.20. The zero-order chi connectivity index (χ0) is 33.7. The topological polar surface area (TPSA) is 122 Å². The number of allylic oxidation sites excluding steroid dienone is 1. The lowest BCUT2D eigenvalue weighted by atomic mass is 9.81. The number of rotatable bonds is 9. The summed E-state index contributed by atoms with van der Waals surface area (Å²) in [6.45, 7) is 5.50. The highest BCUT2D eigenvalue weighted by molar-refractivity contribution is 7.90. The Balaban J connectivity index is 1.47. The average molecular weight is 671 g/mol. The second-order valence-corrected chi connectivity index (χ2v) is 15.6. The van der Waals surface area contributed by atoms with Gasteiger partial charge in [0.2, 0.25) is 10.0 Å². The number of ether oxygens (including phenoxy) is 2. The number of imidazole rings is 1. The summed E-state index contributed by atoms with van der Waals surface area (Å²) in [6, 6.07) is 11.8. The highest BCUT2D eigenvalue weighted by Gasteiger charge is 2.34. The number of nitrogens with zero attached hydrogens (tertiary/aromatic N) is 3. The van der Waals surface area contributed by atoms with E-state index in [0.717, 1.165) is 71.8 Å². The molecule has 1 amide bonds. The summed E-state index contributed by atoms with van der Waals surface area (Å²) in [7, 11) is -2.18. The van der Waals surface area contributed by atoms with Crippen molar-refractivity contribution < 1.29 is 27.5 Å². The van der Waals surface area contributed by atoms with Crippen molar-refractivity contribution in [2.24, 2.45) is 0 Å². The smallest absolute Gasteiger partial charge is 0.357 e. The predicted octanol–water partition coefficient (Wildman–Crippen LogP) is 7.09. The number of hydrogen-bond donors (Lipinski definition) is 1. The molecule has 4 aromatic rings. The lowest BCUT2D eigenvalue weighted by Crippen LogP contribution is -2.35. The normalized spacial score (nSPS) is 16.6. The first-order chi connectivity index (χ1) is 23.1. The molecule has 252 valence electrons.